The van der Waals surface area contributed by atoms with Crippen LogP contribution in [0, 0.1) is 6.92 Å². The van der Waals surface area contributed by atoms with Crippen molar-refractivity contribution in [3.8, 4) is 11.5 Å². The molecular weight excluding hydrogens is 248 g/mol. The fourth-order valence-electron chi connectivity index (χ4n) is 1.97. The van der Waals surface area contributed by atoms with Crippen molar-refractivity contribution in [3.05, 3.63) is 53.3 Å². The van der Waals surface area contributed by atoms with Crippen molar-refractivity contribution in [2.45, 2.75) is 33.7 Å². The van der Waals surface area contributed by atoms with E-state index in [0.717, 1.165) is 42.3 Å². The van der Waals surface area contributed by atoms with E-state index in [1.807, 2.05) is 31.3 Å². The second kappa shape index (κ2) is 7.06. The minimum Gasteiger partial charge on any atom is -0.457 e. The van der Waals surface area contributed by atoms with Gasteiger partial charge in [-0.2, -0.15) is 0 Å². The zero-order valence-corrected chi connectivity index (χ0v) is 12.4. The first-order valence-electron chi connectivity index (χ1n) is 7.16. The molecule has 1 heterocycles. The third-order valence-corrected chi connectivity index (χ3v) is 3.21. The average Bonchev–Trinajstić information content (AvgIpc) is 2.47. The molecule has 1 aromatic carbocycles. The zero-order valence-electron chi connectivity index (χ0n) is 12.4. The van der Waals surface area contributed by atoms with Gasteiger partial charge in [0.15, 0.2) is 0 Å². The summed E-state index contributed by atoms with van der Waals surface area (Å²) >= 11 is 0. The van der Waals surface area contributed by atoms with Gasteiger partial charge in [-0.15, -0.1) is 0 Å². The van der Waals surface area contributed by atoms with Gasteiger partial charge in [-0.05, 0) is 37.6 Å². The van der Waals surface area contributed by atoms with Crippen molar-refractivity contribution in [2.75, 3.05) is 6.54 Å². The lowest BCUT2D eigenvalue weighted by atomic mass is 10.2. The fraction of sp³-hybridized carbons (Fsp3) is 0.353. The van der Waals surface area contributed by atoms with Gasteiger partial charge < -0.3 is 10.1 Å². The summed E-state index contributed by atoms with van der Waals surface area (Å²) < 4.78 is 6.01. The molecule has 0 radical (unpaired) electrons. The van der Waals surface area contributed by atoms with Gasteiger partial charge >= 0.3 is 0 Å². The molecule has 0 aliphatic heterocycles. The van der Waals surface area contributed by atoms with Crippen LogP contribution in [0.4, 0.5) is 0 Å². The normalized spacial score (nSPS) is 10.6. The summed E-state index contributed by atoms with van der Waals surface area (Å²) in [7, 11) is 0. The van der Waals surface area contributed by atoms with Crippen LogP contribution in [-0.4, -0.2) is 11.5 Å². The largest absolute Gasteiger partial charge is 0.457 e. The Labute approximate surface area is 121 Å². The number of nitrogens with zero attached hydrogens (tertiary/aromatic N) is 1. The molecule has 0 spiro atoms. The molecule has 0 fully saturated rings. The van der Waals surface area contributed by atoms with Crippen LogP contribution >= 0.6 is 0 Å². The molecule has 0 bridgehead atoms. The lowest BCUT2D eigenvalue weighted by molar-refractivity contribution is 0.471. The van der Waals surface area contributed by atoms with Crippen molar-refractivity contribution >= 4 is 0 Å². The number of aromatic nitrogens is 1. The van der Waals surface area contributed by atoms with Gasteiger partial charge in [-0.1, -0.05) is 26.0 Å². The summed E-state index contributed by atoms with van der Waals surface area (Å²) in [4.78, 5) is 4.34. The van der Waals surface area contributed by atoms with Crippen LogP contribution in [0.2, 0.25) is 0 Å². The Bertz CT molecular complexity index is 549. The molecule has 3 nitrogen and oxygen atoms in total. The van der Waals surface area contributed by atoms with Gasteiger partial charge in [-0.25, -0.2) is 0 Å². The summed E-state index contributed by atoms with van der Waals surface area (Å²) in [6.07, 6.45) is 2.92. The summed E-state index contributed by atoms with van der Waals surface area (Å²) in [6, 6.07) is 10.2. The van der Waals surface area contributed by atoms with E-state index in [4.69, 9.17) is 4.74 Å². The Morgan fingerprint density at radius 2 is 1.90 bits per heavy atom. The van der Waals surface area contributed by atoms with Gasteiger partial charge in [-0.3, -0.25) is 4.98 Å². The number of hydrogen-bond donors (Lipinski definition) is 1. The number of pyridine rings is 1. The van der Waals surface area contributed by atoms with Crippen LogP contribution in [0.15, 0.2) is 36.5 Å². The van der Waals surface area contributed by atoms with E-state index in [-0.39, 0.29) is 0 Å². The van der Waals surface area contributed by atoms with E-state index in [0.29, 0.717) is 0 Å². The molecule has 0 atom stereocenters. The molecule has 3 heteroatoms. The highest BCUT2D eigenvalue weighted by Gasteiger charge is 2.06. The highest BCUT2D eigenvalue weighted by Crippen LogP contribution is 2.26. The number of benzene rings is 1. The molecule has 2 aromatic rings. The molecule has 106 valence electrons. The van der Waals surface area contributed by atoms with E-state index in [9.17, 15) is 0 Å². The Hall–Kier alpha value is -1.87. The predicted octanol–water partition coefficient (Wildman–Crippen LogP) is 3.85. The van der Waals surface area contributed by atoms with Crippen LogP contribution in [0.3, 0.4) is 0 Å². The summed E-state index contributed by atoms with van der Waals surface area (Å²) in [5, 5.41) is 3.31. The molecule has 0 aliphatic carbocycles. The Balaban J connectivity index is 2.19. The maximum atomic E-state index is 6.01. The van der Waals surface area contributed by atoms with Gasteiger partial charge in [0.1, 0.15) is 11.5 Å². The monoisotopic (exact) mass is 270 g/mol. The van der Waals surface area contributed by atoms with Crippen molar-refractivity contribution in [1.29, 1.82) is 0 Å². The van der Waals surface area contributed by atoms with Crippen molar-refractivity contribution in [1.82, 2.24) is 10.3 Å². The summed E-state index contributed by atoms with van der Waals surface area (Å²) in [5.74, 6) is 1.74. The first-order valence-corrected chi connectivity index (χ1v) is 7.16. The second-order valence-corrected chi connectivity index (χ2v) is 4.81. The Morgan fingerprint density at radius 1 is 1.15 bits per heavy atom. The minimum atomic E-state index is 0.770. The molecule has 20 heavy (non-hydrogen) atoms. The van der Waals surface area contributed by atoms with Crippen molar-refractivity contribution < 1.29 is 4.74 Å². The predicted molar refractivity (Wildman–Crippen MR) is 82.2 cm³/mol. The topological polar surface area (TPSA) is 34.2 Å². The van der Waals surface area contributed by atoms with Gasteiger partial charge in [0.05, 0.1) is 0 Å². The Kier molecular flexibility index (Phi) is 5.13. The van der Waals surface area contributed by atoms with E-state index in [1.165, 1.54) is 5.56 Å². The highest BCUT2D eigenvalue weighted by molar-refractivity contribution is 5.38. The zero-order chi connectivity index (χ0) is 14.4. The number of nitrogens with one attached hydrogen (secondary N) is 1. The van der Waals surface area contributed by atoms with E-state index < -0.39 is 0 Å². The van der Waals surface area contributed by atoms with Crippen LogP contribution in [0.1, 0.15) is 30.7 Å². The van der Waals surface area contributed by atoms with Gasteiger partial charge in [0.25, 0.3) is 0 Å². The molecule has 0 saturated heterocycles. The molecule has 1 N–H and O–H groups in total. The third kappa shape index (κ3) is 3.81. The first kappa shape index (κ1) is 14.5. The van der Waals surface area contributed by atoms with Crippen LogP contribution in [0.25, 0.3) is 0 Å². The van der Waals surface area contributed by atoms with Crippen LogP contribution in [-0.2, 0) is 13.0 Å². The quantitative estimate of drug-likeness (QED) is 0.865. The maximum Gasteiger partial charge on any atom is 0.135 e. The molecule has 0 unspecified atom stereocenters. The molecule has 2 rings (SSSR count). The first-order chi connectivity index (χ1) is 9.72. The van der Waals surface area contributed by atoms with Crippen LogP contribution in [0.5, 0.6) is 11.5 Å². The molecule has 1 aromatic heterocycles. The SMILES string of the molecule is CCNCc1cnc(C)cc1Oc1ccc(CC)cc1. The number of ether oxygens (including phenoxy) is 1. The third-order valence-electron chi connectivity index (χ3n) is 3.21. The molecular formula is C17H22N2O. The van der Waals surface area contributed by atoms with E-state index in [1.54, 1.807) is 0 Å². The summed E-state index contributed by atoms with van der Waals surface area (Å²) in [5.41, 5.74) is 3.36. The number of rotatable bonds is 6. The van der Waals surface area contributed by atoms with Gasteiger partial charge in [0.2, 0.25) is 0 Å². The lowest BCUT2D eigenvalue weighted by Crippen LogP contribution is -2.12. The fourth-order valence-corrected chi connectivity index (χ4v) is 1.97. The smallest absolute Gasteiger partial charge is 0.135 e. The lowest BCUT2D eigenvalue weighted by Gasteiger charge is -2.12. The van der Waals surface area contributed by atoms with Crippen molar-refractivity contribution in [2.24, 2.45) is 0 Å². The second-order valence-electron chi connectivity index (χ2n) is 4.81. The number of aryl methyl sites for hydroxylation is 2. The van der Waals surface area contributed by atoms with Crippen molar-refractivity contribution in [3.63, 3.8) is 0 Å². The minimum absolute atomic E-state index is 0.770. The highest BCUT2D eigenvalue weighted by atomic mass is 16.5. The maximum absolute atomic E-state index is 6.01. The molecule has 0 saturated carbocycles. The van der Waals surface area contributed by atoms with E-state index in [2.05, 4.69) is 36.3 Å². The summed E-state index contributed by atoms with van der Waals surface area (Å²) in [6.45, 7) is 7.91. The van der Waals surface area contributed by atoms with E-state index >= 15 is 0 Å². The average molecular weight is 270 g/mol. The number of hydrogen-bond acceptors (Lipinski definition) is 3. The Morgan fingerprint density at radius 3 is 2.55 bits per heavy atom. The molecule has 0 amide bonds. The van der Waals surface area contributed by atoms with Gasteiger partial charge in [0, 0.05) is 30.1 Å². The standard InChI is InChI=1S/C17H22N2O/c1-4-14-6-8-16(9-7-14)20-17-10-13(3)19-12-15(17)11-18-5-2/h6-10,12,18H,4-5,11H2,1-3H3. The van der Waals surface area contributed by atoms with Crippen LogP contribution < -0.4 is 10.1 Å². The molecule has 0 aliphatic rings.